The van der Waals surface area contributed by atoms with Crippen LogP contribution in [0.15, 0.2) is 11.1 Å². The first-order valence-corrected chi connectivity index (χ1v) is 9.25. The summed E-state index contributed by atoms with van der Waals surface area (Å²) in [5.74, 6) is 4.56. The number of allylic oxidation sites excluding steroid dienone is 2. The molecule has 0 spiro atoms. The molecule has 0 aromatic rings. The van der Waals surface area contributed by atoms with E-state index >= 15 is 0 Å². The van der Waals surface area contributed by atoms with Crippen molar-refractivity contribution in [2.24, 2.45) is 11.3 Å². The maximum absolute atomic E-state index is 11.5. The second-order valence-corrected chi connectivity index (χ2v) is 7.03. The van der Waals surface area contributed by atoms with Crippen molar-refractivity contribution in [2.45, 2.75) is 94.5 Å². The number of nitrogens with zero attached hydrogens (tertiary/aromatic N) is 1. The van der Waals surface area contributed by atoms with Crippen molar-refractivity contribution >= 4 is 5.97 Å². The molecular weight excluding hydrogens is 300 g/mol. The fraction of sp³-hybridized carbons (Fsp3) is 0.850. The average molecular weight is 345 g/mol. The summed E-state index contributed by atoms with van der Waals surface area (Å²) in [7, 11) is 2.05. The highest BCUT2D eigenvalue weighted by molar-refractivity contribution is 5.75. The van der Waals surface area contributed by atoms with Gasteiger partial charge in [-0.15, -0.1) is 0 Å². The molecule has 1 aliphatic rings. The Hall–Kier alpha value is -0.870. The summed E-state index contributed by atoms with van der Waals surface area (Å²) in [6.45, 7) is 23.3. The third-order valence-electron chi connectivity index (χ3n) is 4.18. The lowest BCUT2D eigenvalue weighted by Gasteiger charge is -2.39. The molecule has 0 aliphatic heterocycles. The SMILES string of the molecule is CC.CC.CC1=C(C)C1.CCN(C)C(C)(C)CC(C)(C)C(=O)ON. The lowest BCUT2D eigenvalue weighted by Crippen LogP contribution is -2.46. The number of rotatable bonds is 5. The molecule has 0 fully saturated rings. The molecule has 0 bridgehead atoms. The van der Waals surface area contributed by atoms with Gasteiger partial charge in [0.1, 0.15) is 0 Å². The van der Waals surface area contributed by atoms with Crippen LogP contribution in [0, 0.1) is 5.41 Å². The van der Waals surface area contributed by atoms with E-state index in [-0.39, 0.29) is 11.5 Å². The van der Waals surface area contributed by atoms with Gasteiger partial charge in [-0.25, -0.2) is 4.79 Å². The van der Waals surface area contributed by atoms with Crippen LogP contribution in [-0.4, -0.2) is 30.0 Å². The van der Waals surface area contributed by atoms with E-state index in [9.17, 15) is 4.79 Å². The summed E-state index contributed by atoms with van der Waals surface area (Å²) >= 11 is 0. The maximum Gasteiger partial charge on any atom is 0.330 e. The van der Waals surface area contributed by atoms with Crippen molar-refractivity contribution in [2.75, 3.05) is 13.6 Å². The molecule has 0 aromatic carbocycles. The van der Waals surface area contributed by atoms with Gasteiger partial charge in [-0.2, -0.15) is 5.90 Å². The van der Waals surface area contributed by atoms with Gasteiger partial charge in [-0.1, -0.05) is 45.8 Å². The molecule has 0 radical (unpaired) electrons. The van der Waals surface area contributed by atoms with Crippen LogP contribution in [-0.2, 0) is 9.63 Å². The Morgan fingerprint density at radius 2 is 1.42 bits per heavy atom. The molecule has 0 saturated carbocycles. The van der Waals surface area contributed by atoms with E-state index in [2.05, 4.69) is 44.4 Å². The van der Waals surface area contributed by atoms with Gasteiger partial charge < -0.3 is 9.74 Å². The Bertz CT molecular complexity index is 362. The van der Waals surface area contributed by atoms with Crippen LogP contribution >= 0.6 is 0 Å². The standard InChI is InChI=1S/C11H24N2O2.C5H8.2C2H6/c1-7-13(6)11(4,5)8-10(2,3)9(14)15-12;1-4-3-5(4)2;2*1-2/h7-8,12H2,1-6H3;3H2,1-2H3;2*1-2H3. The van der Waals surface area contributed by atoms with Crippen LogP contribution in [0.1, 0.15) is 89.0 Å². The van der Waals surface area contributed by atoms with Crippen molar-refractivity contribution in [3.63, 3.8) is 0 Å². The van der Waals surface area contributed by atoms with Crippen molar-refractivity contribution < 1.29 is 9.63 Å². The minimum Gasteiger partial charge on any atom is -0.373 e. The molecule has 24 heavy (non-hydrogen) atoms. The second kappa shape index (κ2) is 13.4. The Balaban J connectivity index is -0.000000401. The number of hydrogen-bond acceptors (Lipinski definition) is 4. The number of carbonyl (C=O) groups is 1. The second-order valence-electron chi connectivity index (χ2n) is 7.03. The zero-order valence-electron chi connectivity index (χ0n) is 18.5. The van der Waals surface area contributed by atoms with Crippen LogP contribution in [0.2, 0.25) is 0 Å². The number of carbonyl (C=O) groups excluding carboxylic acids is 1. The Morgan fingerprint density at radius 3 is 1.62 bits per heavy atom. The summed E-state index contributed by atoms with van der Waals surface area (Å²) in [6.07, 6.45) is 2.01. The molecule has 1 rings (SSSR count). The topological polar surface area (TPSA) is 55.6 Å². The zero-order chi connectivity index (χ0) is 20.1. The van der Waals surface area contributed by atoms with Gasteiger partial charge in [-0.3, -0.25) is 0 Å². The minimum absolute atomic E-state index is 0.0492. The molecule has 0 heterocycles. The van der Waals surface area contributed by atoms with Gasteiger partial charge in [0.05, 0.1) is 5.41 Å². The van der Waals surface area contributed by atoms with Gasteiger partial charge >= 0.3 is 5.97 Å². The van der Waals surface area contributed by atoms with Crippen molar-refractivity contribution in [1.82, 2.24) is 4.90 Å². The number of hydrogen-bond donors (Lipinski definition) is 1. The molecule has 4 heteroatoms. The monoisotopic (exact) mass is 344 g/mol. The number of nitrogens with two attached hydrogens (primary N) is 1. The van der Waals surface area contributed by atoms with Crippen LogP contribution < -0.4 is 5.90 Å². The lowest BCUT2D eigenvalue weighted by molar-refractivity contribution is -0.156. The molecule has 4 nitrogen and oxygen atoms in total. The Morgan fingerprint density at radius 1 is 1.08 bits per heavy atom. The quantitative estimate of drug-likeness (QED) is 0.541. The molecule has 0 aromatic heterocycles. The summed E-state index contributed by atoms with van der Waals surface area (Å²) in [6, 6.07) is 0. The molecular formula is C20H44N2O2. The van der Waals surface area contributed by atoms with Gasteiger partial charge in [0.15, 0.2) is 0 Å². The highest BCUT2D eigenvalue weighted by atomic mass is 16.7. The van der Waals surface area contributed by atoms with Gasteiger partial charge in [0.2, 0.25) is 0 Å². The van der Waals surface area contributed by atoms with E-state index in [1.165, 1.54) is 6.42 Å². The zero-order valence-corrected chi connectivity index (χ0v) is 18.5. The van der Waals surface area contributed by atoms with E-state index in [0.29, 0.717) is 6.42 Å². The average Bonchev–Trinajstić information content (AvgIpc) is 3.21. The van der Waals surface area contributed by atoms with Crippen LogP contribution in [0.25, 0.3) is 0 Å². The summed E-state index contributed by atoms with van der Waals surface area (Å²) in [4.78, 5) is 18.0. The van der Waals surface area contributed by atoms with Crippen LogP contribution in [0.4, 0.5) is 0 Å². The van der Waals surface area contributed by atoms with Crippen molar-refractivity contribution in [1.29, 1.82) is 0 Å². The van der Waals surface area contributed by atoms with E-state index in [4.69, 9.17) is 5.90 Å². The summed E-state index contributed by atoms with van der Waals surface area (Å²) in [5, 5.41) is 0. The fourth-order valence-electron chi connectivity index (χ4n) is 2.23. The molecule has 0 amide bonds. The van der Waals surface area contributed by atoms with Gasteiger partial charge in [-0.05, 0) is 68.0 Å². The van der Waals surface area contributed by atoms with E-state index in [1.807, 2.05) is 48.6 Å². The largest absolute Gasteiger partial charge is 0.373 e. The molecule has 0 saturated heterocycles. The maximum atomic E-state index is 11.5. The summed E-state index contributed by atoms with van der Waals surface area (Å²) in [5.41, 5.74) is 2.57. The highest BCUT2D eigenvalue weighted by Gasteiger charge is 2.37. The van der Waals surface area contributed by atoms with Crippen molar-refractivity contribution in [3.8, 4) is 0 Å². The molecule has 2 N–H and O–H groups in total. The van der Waals surface area contributed by atoms with Crippen LogP contribution in [0.3, 0.4) is 0 Å². The molecule has 0 unspecified atom stereocenters. The predicted molar refractivity (Wildman–Crippen MR) is 107 cm³/mol. The first-order chi connectivity index (χ1) is 11.0. The molecule has 146 valence electrons. The lowest BCUT2D eigenvalue weighted by atomic mass is 9.79. The minimum atomic E-state index is -0.554. The molecule has 0 atom stereocenters. The highest BCUT2D eigenvalue weighted by Crippen LogP contribution is 2.31. The Kier molecular flexibility index (Phi) is 15.6. The third kappa shape index (κ3) is 11.6. The first kappa shape index (κ1) is 28.0. The first-order valence-electron chi connectivity index (χ1n) is 9.25. The van der Waals surface area contributed by atoms with Gasteiger partial charge in [0.25, 0.3) is 0 Å². The molecule has 1 aliphatic carbocycles. The van der Waals surface area contributed by atoms with Crippen molar-refractivity contribution in [3.05, 3.63) is 11.1 Å². The summed E-state index contributed by atoms with van der Waals surface area (Å²) < 4.78 is 0. The normalized spacial score (nSPS) is 12.9. The predicted octanol–water partition coefficient (Wildman–Crippen LogP) is 5.33. The van der Waals surface area contributed by atoms with E-state index in [1.54, 1.807) is 11.1 Å². The van der Waals surface area contributed by atoms with E-state index in [0.717, 1.165) is 6.54 Å². The van der Waals surface area contributed by atoms with Crippen LogP contribution in [0.5, 0.6) is 0 Å². The Labute approximate surface area is 151 Å². The smallest absolute Gasteiger partial charge is 0.330 e. The fourth-order valence-corrected chi connectivity index (χ4v) is 2.23. The third-order valence-corrected chi connectivity index (χ3v) is 4.18. The van der Waals surface area contributed by atoms with Gasteiger partial charge in [0, 0.05) is 5.54 Å². The van der Waals surface area contributed by atoms with E-state index < -0.39 is 5.41 Å².